The van der Waals surface area contributed by atoms with Crippen LogP contribution in [-0.4, -0.2) is 25.8 Å². The standard InChI is InChI=1S/C15H20O4/c1-4-17-14(16)15(2,3)12-7-5-6-11(10-12)13-18-8-9-19-13/h5-7,10,13H,4,8-9H2,1-3H3. The Labute approximate surface area is 113 Å². The molecule has 4 nitrogen and oxygen atoms in total. The van der Waals surface area contributed by atoms with Crippen molar-refractivity contribution in [2.24, 2.45) is 0 Å². The number of benzene rings is 1. The largest absolute Gasteiger partial charge is 0.465 e. The van der Waals surface area contributed by atoms with Gasteiger partial charge in [0, 0.05) is 5.56 Å². The third-order valence-corrected chi connectivity index (χ3v) is 3.29. The molecule has 0 aromatic heterocycles. The van der Waals surface area contributed by atoms with E-state index in [1.165, 1.54) is 0 Å². The van der Waals surface area contributed by atoms with Crippen molar-refractivity contribution in [3.63, 3.8) is 0 Å². The molecule has 1 aliphatic rings. The molecule has 1 aliphatic heterocycles. The van der Waals surface area contributed by atoms with Gasteiger partial charge in [-0.25, -0.2) is 0 Å². The Morgan fingerprint density at radius 2 is 2.05 bits per heavy atom. The van der Waals surface area contributed by atoms with Crippen LogP contribution in [0, 0.1) is 0 Å². The average molecular weight is 264 g/mol. The van der Waals surface area contributed by atoms with Crippen LogP contribution in [0.4, 0.5) is 0 Å². The second-order valence-corrected chi connectivity index (χ2v) is 5.04. The fraction of sp³-hybridized carbons (Fsp3) is 0.533. The first kappa shape index (κ1) is 14.0. The second kappa shape index (κ2) is 5.72. The summed E-state index contributed by atoms with van der Waals surface area (Å²) < 4.78 is 16.1. The average Bonchev–Trinajstić information content (AvgIpc) is 2.93. The fourth-order valence-corrected chi connectivity index (χ4v) is 2.05. The maximum Gasteiger partial charge on any atom is 0.315 e. The van der Waals surface area contributed by atoms with Crippen LogP contribution in [-0.2, 0) is 24.4 Å². The predicted molar refractivity (Wildman–Crippen MR) is 70.7 cm³/mol. The summed E-state index contributed by atoms with van der Waals surface area (Å²) in [5, 5.41) is 0. The van der Waals surface area contributed by atoms with Crippen molar-refractivity contribution >= 4 is 5.97 Å². The molecule has 0 aliphatic carbocycles. The third kappa shape index (κ3) is 2.96. The molecule has 0 atom stereocenters. The SMILES string of the molecule is CCOC(=O)C(C)(C)c1cccc(C2OCCO2)c1. The Kier molecular flexibility index (Phi) is 4.22. The molecule has 0 unspecified atom stereocenters. The van der Waals surface area contributed by atoms with Crippen molar-refractivity contribution < 1.29 is 19.0 Å². The summed E-state index contributed by atoms with van der Waals surface area (Å²) in [6, 6.07) is 7.74. The molecule has 0 spiro atoms. The maximum absolute atomic E-state index is 12.0. The summed E-state index contributed by atoms with van der Waals surface area (Å²) in [5.74, 6) is -0.222. The third-order valence-electron chi connectivity index (χ3n) is 3.29. The molecule has 1 aromatic rings. The summed E-state index contributed by atoms with van der Waals surface area (Å²) in [5.41, 5.74) is 1.17. The molecule has 2 rings (SSSR count). The number of ether oxygens (including phenoxy) is 3. The van der Waals surface area contributed by atoms with Gasteiger partial charge in [-0.2, -0.15) is 0 Å². The number of hydrogen-bond donors (Lipinski definition) is 0. The van der Waals surface area contributed by atoms with Crippen LogP contribution >= 0.6 is 0 Å². The van der Waals surface area contributed by atoms with Gasteiger partial charge in [-0.3, -0.25) is 4.79 Å². The lowest BCUT2D eigenvalue weighted by Crippen LogP contribution is -2.31. The van der Waals surface area contributed by atoms with Crippen LogP contribution in [0.5, 0.6) is 0 Å². The van der Waals surface area contributed by atoms with Gasteiger partial charge >= 0.3 is 5.97 Å². The Bertz CT molecular complexity index is 447. The molecular formula is C15H20O4. The van der Waals surface area contributed by atoms with E-state index in [1.54, 1.807) is 0 Å². The lowest BCUT2D eigenvalue weighted by molar-refractivity contribution is -0.148. The van der Waals surface area contributed by atoms with E-state index in [9.17, 15) is 4.79 Å². The normalized spacial score (nSPS) is 16.6. The molecule has 0 N–H and O–H groups in total. The molecule has 1 heterocycles. The molecule has 1 fully saturated rings. The van der Waals surface area contributed by atoms with Crippen LogP contribution in [0.3, 0.4) is 0 Å². The molecule has 0 radical (unpaired) electrons. The van der Waals surface area contributed by atoms with Gasteiger partial charge in [0.1, 0.15) is 0 Å². The molecule has 0 amide bonds. The zero-order valence-corrected chi connectivity index (χ0v) is 11.6. The lowest BCUT2D eigenvalue weighted by Gasteiger charge is -2.24. The Balaban J connectivity index is 2.24. The Morgan fingerprint density at radius 3 is 2.68 bits per heavy atom. The molecule has 4 heteroatoms. The van der Waals surface area contributed by atoms with Crippen molar-refractivity contribution in [1.82, 2.24) is 0 Å². The quantitative estimate of drug-likeness (QED) is 0.784. The number of hydrogen-bond acceptors (Lipinski definition) is 4. The first-order valence-corrected chi connectivity index (χ1v) is 6.56. The molecule has 1 aromatic carbocycles. The van der Waals surface area contributed by atoms with Crippen LogP contribution in [0.25, 0.3) is 0 Å². The summed E-state index contributed by atoms with van der Waals surface area (Å²) in [4.78, 5) is 12.0. The highest BCUT2D eigenvalue weighted by molar-refractivity contribution is 5.82. The highest BCUT2D eigenvalue weighted by atomic mass is 16.7. The Hall–Kier alpha value is -1.39. The van der Waals surface area contributed by atoms with Gasteiger partial charge in [0.15, 0.2) is 6.29 Å². The van der Waals surface area contributed by atoms with E-state index in [1.807, 2.05) is 45.0 Å². The number of carbonyl (C=O) groups is 1. The smallest absolute Gasteiger partial charge is 0.315 e. The predicted octanol–water partition coefficient (Wildman–Crippen LogP) is 2.57. The molecule has 0 bridgehead atoms. The van der Waals surface area contributed by atoms with Gasteiger partial charge in [-0.05, 0) is 32.4 Å². The van der Waals surface area contributed by atoms with Gasteiger partial charge in [-0.1, -0.05) is 18.2 Å². The highest BCUT2D eigenvalue weighted by Gasteiger charge is 2.32. The fourth-order valence-electron chi connectivity index (χ4n) is 2.05. The topological polar surface area (TPSA) is 44.8 Å². The molecule has 1 saturated heterocycles. The van der Waals surface area contributed by atoms with Crippen LogP contribution in [0.2, 0.25) is 0 Å². The van der Waals surface area contributed by atoms with Crippen LogP contribution in [0.1, 0.15) is 38.2 Å². The van der Waals surface area contributed by atoms with E-state index >= 15 is 0 Å². The van der Waals surface area contributed by atoms with Gasteiger partial charge in [-0.15, -0.1) is 0 Å². The Morgan fingerprint density at radius 1 is 1.37 bits per heavy atom. The summed E-state index contributed by atoms with van der Waals surface area (Å²) in [6.07, 6.45) is -0.321. The highest BCUT2D eigenvalue weighted by Crippen LogP contribution is 2.30. The van der Waals surface area contributed by atoms with Crippen molar-refractivity contribution in [2.45, 2.75) is 32.5 Å². The lowest BCUT2D eigenvalue weighted by atomic mass is 9.84. The molecular weight excluding hydrogens is 244 g/mol. The van der Waals surface area contributed by atoms with Crippen LogP contribution in [0.15, 0.2) is 24.3 Å². The van der Waals surface area contributed by atoms with Crippen molar-refractivity contribution in [3.05, 3.63) is 35.4 Å². The summed E-state index contributed by atoms with van der Waals surface area (Å²) in [6.45, 7) is 7.13. The minimum Gasteiger partial charge on any atom is -0.465 e. The summed E-state index contributed by atoms with van der Waals surface area (Å²) in [7, 11) is 0. The first-order chi connectivity index (χ1) is 9.05. The first-order valence-electron chi connectivity index (χ1n) is 6.56. The van der Waals surface area contributed by atoms with Gasteiger partial charge < -0.3 is 14.2 Å². The van der Waals surface area contributed by atoms with Crippen molar-refractivity contribution in [3.8, 4) is 0 Å². The maximum atomic E-state index is 12.0. The monoisotopic (exact) mass is 264 g/mol. The minimum atomic E-state index is -0.676. The van der Waals surface area contributed by atoms with E-state index in [0.29, 0.717) is 19.8 Å². The van der Waals surface area contributed by atoms with E-state index in [0.717, 1.165) is 11.1 Å². The summed E-state index contributed by atoms with van der Waals surface area (Å²) >= 11 is 0. The van der Waals surface area contributed by atoms with Gasteiger partial charge in [0.25, 0.3) is 0 Å². The number of esters is 1. The minimum absolute atomic E-state index is 0.222. The van der Waals surface area contributed by atoms with E-state index in [4.69, 9.17) is 14.2 Å². The molecule has 0 saturated carbocycles. The number of carbonyl (C=O) groups excluding carboxylic acids is 1. The van der Waals surface area contributed by atoms with E-state index < -0.39 is 5.41 Å². The van der Waals surface area contributed by atoms with E-state index in [2.05, 4.69) is 0 Å². The zero-order valence-electron chi connectivity index (χ0n) is 11.6. The molecule has 19 heavy (non-hydrogen) atoms. The van der Waals surface area contributed by atoms with Crippen molar-refractivity contribution in [2.75, 3.05) is 19.8 Å². The van der Waals surface area contributed by atoms with Crippen LogP contribution < -0.4 is 0 Å². The van der Waals surface area contributed by atoms with E-state index in [-0.39, 0.29) is 12.3 Å². The van der Waals surface area contributed by atoms with Gasteiger partial charge in [0.2, 0.25) is 0 Å². The zero-order chi connectivity index (χ0) is 13.9. The second-order valence-electron chi connectivity index (χ2n) is 5.04. The molecule has 104 valence electrons. The van der Waals surface area contributed by atoms with Crippen molar-refractivity contribution in [1.29, 1.82) is 0 Å². The van der Waals surface area contributed by atoms with Gasteiger partial charge in [0.05, 0.1) is 25.2 Å². The number of rotatable bonds is 4.